The quantitative estimate of drug-likeness (QED) is 0.724. The van der Waals surface area contributed by atoms with Gasteiger partial charge in [-0.05, 0) is 11.5 Å². The Morgan fingerprint density at radius 2 is 1.60 bits per heavy atom. The van der Waals surface area contributed by atoms with Crippen LogP contribution in [0.5, 0.6) is 0 Å². The van der Waals surface area contributed by atoms with Crippen molar-refractivity contribution in [2.75, 3.05) is 0 Å². The molecule has 3 heteroatoms. The van der Waals surface area contributed by atoms with E-state index in [-0.39, 0.29) is 0 Å². The highest BCUT2D eigenvalue weighted by Crippen LogP contribution is 2.13. The summed E-state index contributed by atoms with van der Waals surface area (Å²) in [6.07, 6.45) is 1.97. The molecule has 0 atom stereocenters. The summed E-state index contributed by atoms with van der Waals surface area (Å²) in [6, 6.07) is 19.8. The minimum atomic E-state index is -0.410. The number of primary amides is 1. The number of fused-ring (bicyclic) bond motifs is 1. The Hall–Kier alpha value is -2.68. The van der Waals surface area contributed by atoms with Gasteiger partial charge in [-0.2, -0.15) is 4.57 Å². The Morgan fingerprint density at radius 3 is 2.30 bits per heavy atom. The van der Waals surface area contributed by atoms with Crippen LogP contribution in [0, 0.1) is 0 Å². The molecule has 0 radical (unpaired) electrons. The van der Waals surface area contributed by atoms with Crippen LogP contribution >= 0.6 is 0 Å². The van der Waals surface area contributed by atoms with Gasteiger partial charge in [-0.1, -0.05) is 48.5 Å². The van der Waals surface area contributed by atoms with E-state index in [4.69, 9.17) is 5.73 Å². The van der Waals surface area contributed by atoms with Crippen molar-refractivity contribution in [2.24, 2.45) is 5.73 Å². The van der Waals surface area contributed by atoms with Crippen molar-refractivity contribution in [1.82, 2.24) is 0 Å². The van der Waals surface area contributed by atoms with Crippen LogP contribution in [-0.4, -0.2) is 5.91 Å². The second-order valence-corrected chi connectivity index (χ2v) is 4.77. The van der Waals surface area contributed by atoms with Crippen molar-refractivity contribution in [1.29, 1.82) is 0 Å². The van der Waals surface area contributed by atoms with E-state index in [1.165, 1.54) is 0 Å². The summed E-state index contributed by atoms with van der Waals surface area (Å²) in [5.74, 6) is -0.410. The topological polar surface area (TPSA) is 47.0 Å². The summed E-state index contributed by atoms with van der Waals surface area (Å²) < 4.78 is 1.90. The monoisotopic (exact) mass is 263 g/mol. The highest BCUT2D eigenvalue weighted by atomic mass is 16.1. The summed E-state index contributed by atoms with van der Waals surface area (Å²) in [7, 11) is 0. The Kier molecular flexibility index (Phi) is 3.17. The fourth-order valence-electron chi connectivity index (χ4n) is 2.35. The maximum Gasteiger partial charge on any atom is 0.313 e. The van der Waals surface area contributed by atoms with Gasteiger partial charge in [0.2, 0.25) is 0 Å². The van der Waals surface area contributed by atoms with Crippen molar-refractivity contribution in [3.05, 3.63) is 78.1 Å². The van der Waals surface area contributed by atoms with E-state index in [0.717, 1.165) is 16.3 Å². The molecule has 0 aliphatic carbocycles. The predicted octanol–water partition coefficient (Wildman–Crippen LogP) is 2.27. The second-order valence-electron chi connectivity index (χ2n) is 4.77. The van der Waals surface area contributed by atoms with Crippen LogP contribution in [0.25, 0.3) is 10.8 Å². The second kappa shape index (κ2) is 5.13. The number of amides is 1. The zero-order valence-corrected chi connectivity index (χ0v) is 11.0. The van der Waals surface area contributed by atoms with Gasteiger partial charge in [0.1, 0.15) is 0 Å². The van der Waals surface area contributed by atoms with Crippen LogP contribution in [0.4, 0.5) is 0 Å². The van der Waals surface area contributed by atoms with Gasteiger partial charge < -0.3 is 5.73 Å². The minimum absolute atomic E-state index is 0.410. The number of nitrogens with two attached hydrogens (primary N) is 1. The molecule has 3 nitrogen and oxygen atoms in total. The van der Waals surface area contributed by atoms with E-state index in [9.17, 15) is 4.79 Å². The number of rotatable bonds is 3. The molecule has 1 aromatic heterocycles. The lowest BCUT2D eigenvalue weighted by atomic mass is 10.1. The molecular formula is C17H15N2O+. The summed E-state index contributed by atoms with van der Waals surface area (Å²) in [5.41, 5.74) is 7.15. The lowest BCUT2D eigenvalue weighted by Gasteiger charge is -2.04. The minimum Gasteiger partial charge on any atom is -0.360 e. The van der Waals surface area contributed by atoms with E-state index in [1.807, 2.05) is 71.4 Å². The predicted molar refractivity (Wildman–Crippen MR) is 78.2 cm³/mol. The van der Waals surface area contributed by atoms with Gasteiger partial charge in [-0.25, -0.2) is 0 Å². The molecule has 1 heterocycles. The van der Waals surface area contributed by atoms with Gasteiger partial charge >= 0.3 is 5.91 Å². The average Bonchev–Trinajstić information content (AvgIpc) is 2.47. The van der Waals surface area contributed by atoms with Gasteiger partial charge in [0.25, 0.3) is 5.69 Å². The standard InChI is InChI=1S/C17H14N2O/c18-17(20)16-10-14-8-4-5-9-15(14)12-19(16)11-13-6-2-1-3-7-13/h1-10,12H,11H2,(H-,18,20)/p+1. The third-order valence-corrected chi connectivity index (χ3v) is 3.34. The molecule has 2 aromatic carbocycles. The molecule has 0 aliphatic heterocycles. The molecule has 0 fully saturated rings. The summed E-state index contributed by atoms with van der Waals surface area (Å²) in [5, 5.41) is 2.11. The van der Waals surface area contributed by atoms with Crippen molar-refractivity contribution >= 4 is 16.7 Å². The zero-order valence-electron chi connectivity index (χ0n) is 11.0. The van der Waals surface area contributed by atoms with Gasteiger partial charge in [0.15, 0.2) is 12.7 Å². The van der Waals surface area contributed by atoms with Crippen molar-refractivity contribution in [2.45, 2.75) is 6.54 Å². The number of nitrogens with zero attached hydrogens (tertiary/aromatic N) is 1. The Bertz CT molecular complexity index is 766. The van der Waals surface area contributed by atoms with Crippen LogP contribution in [0.15, 0.2) is 66.9 Å². The molecule has 3 aromatic rings. The first-order chi connectivity index (χ1) is 9.74. The highest BCUT2D eigenvalue weighted by molar-refractivity contribution is 5.93. The Labute approximate surface area is 117 Å². The van der Waals surface area contributed by atoms with Crippen LogP contribution in [0.3, 0.4) is 0 Å². The van der Waals surface area contributed by atoms with E-state index in [0.29, 0.717) is 12.2 Å². The SMILES string of the molecule is NC(=O)c1cc2ccccc2c[n+]1Cc1ccccc1. The van der Waals surface area contributed by atoms with Gasteiger partial charge in [0.05, 0.1) is 0 Å². The van der Waals surface area contributed by atoms with Crippen molar-refractivity contribution < 1.29 is 9.36 Å². The first-order valence-corrected chi connectivity index (χ1v) is 6.50. The van der Waals surface area contributed by atoms with Crippen LogP contribution in [-0.2, 0) is 6.54 Å². The van der Waals surface area contributed by atoms with Crippen LogP contribution in [0.2, 0.25) is 0 Å². The summed E-state index contributed by atoms with van der Waals surface area (Å²) in [6.45, 7) is 0.629. The molecule has 0 aliphatic rings. The largest absolute Gasteiger partial charge is 0.360 e. The summed E-state index contributed by atoms with van der Waals surface area (Å²) >= 11 is 0. The number of benzene rings is 2. The number of pyridine rings is 1. The zero-order chi connectivity index (χ0) is 13.9. The van der Waals surface area contributed by atoms with Gasteiger partial charge in [0, 0.05) is 17.0 Å². The van der Waals surface area contributed by atoms with Crippen molar-refractivity contribution in [3.8, 4) is 0 Å². The molecule has 0 saturated carbocycles. The molecule has 2 N–H and O–H groups in total. The van der Waals surface area contributed by atoms with E-state index < -0.39 is 5.91 Å². The maximum absolute atomic E-state index is 11.7. The molecule has 0 unspecified atom stereocenters. The third-order valence-electron chi connectivity index (χ3n) is 3.34. The number of hydrogen-bond donors (Lipinski definition) is 1. The normalized spacial score (nSPS) is 10.6. The first kappa shape index (κ1) is 12.4. The molecule has 1 amide bonds. The Morgan fingerprint density at radius 1 is 0.950 bits per heavy atom. The average molecular weight is 263 g/mol. The van der Waals surface area contributed by atoms with Crippen LogP contribution < -0.4 is 10.3 Å². The highest BCUT2D eigenvalue weighted by Gasteiger charge is 2.18. The maximum atomic E-state index is 11.7. The van der Waals surface area contributed by atoms with Gasteiger partial charge in [-0.15, -0.1) is 0 Å². The van der Waals surface area contributed by atoms with Crippen LogP contribution in [0.1, 0.15) is 16.1 Å². The molecule has 0 saturated heterocycles. The fraction of sp³-hybridized carbons (Fsp3) is 0.0588. The van der Waals surface area contributed by atoms with E-state index >= 15 is 0 Å². The molecule has 98 valence electrons. The Balaban J connectivity index is 2.12. The lowest BCUT2D eigenvalue weighted by Crippen LogP contribution is -2.42. The molecule has 0 bridgehead atoms. The number of carbonyl (C=O) groups excluding carboxylic acids is 1. The van der Waals surface area contributed by atoms with E-state index in [2.05, 4.69) is 0 Å². The smallest absolute Gasteiger partial charge is 0.313 e. The summed E-state index contributed by atoms with van der Waals surface area (Å²) in [4.78, 5) is 11.7. The third kappa shape index (κ3) is 2.38. The number of hydrogen-bond acceptors (Lipinski definition) is 1. The van der Waals surface area contributed by atoms with E-state index in [1.54, 1.807) is 0 Å². The fourth-order valence-corrected chi connectivity index (χ4v) is 2.35. The molecule has 0 spiro atoms. The number of aromatic nitrogens is 1. The first-order valence-electron chi connectivity index (χ1n) is 6.50. The molecule has 20 heavy (non-hydrogen) atoms. The lowest BCUT2D eigenvalue weighted by molar-refractivity contribution is -0.688. The van der Waals surface area contributed by atoms with Crippen molar-refractivity contribution in [3.63, 3.8) is 0 Å². The number of carbonyl (C=O) groups is 1. The molecular weight excluding hydrogens is 248 g/mol. The van der Waals surface area contributed by atoms with Gasteiger partial charge in [-0.3, -0.25) is 4.79 Å². The molecule has 3 rings (SSSR count).